The molecule has 0 heterocycles. The van der Waals surface area contributed by atoms with Gasteiger partial charge in [-0.05, 0) is 36.1 Å². The van der Waals surface area contributed by atoms with E-state index < -0.39 is 0 Å². The predicted molar refractivity (Wildman–Crippen MR) is 51.7 cm³/mol. The standard InChI is InChI=1S/C9H9Cl2N/c10-6-3-5-1-2-8(12)9(5)7(11)4-6/h3-4,8H,1-2,12H2/t8-/m1/s1. The summed E-state index contributed by atoms with van der Waals surface area (Å²) in [6.45, 7) is 0. The molecule has 64 valence electrons. The minimum absolute atomic E-state index is 0.102. The van der Waals surface area contributed by atoms with Crippen LogP contribution in [-0.2, 0) is 6.42 Å². The average Bonchev–Trinajstić information content (AvgIpc) is 2.31. The molecular weight excluding hydrogens is 193 g/mol. The van der Waals surface area contributed by atoms with E-state index in [1.165, 1.54) is 5.56 Å². The van der Waals surface area contributed by atoms with Gasteiger partial charge < -0.3 is 5.73 Å². The fourth-order valence-electron chi connectivity index (χ4n) is 1.72. The molecular formula is C9H9Cl2N. The summed E-state index contributed by atoms with van der Waals surface area (Å²) in [7, 11) is 0. The van der Waals surface area contributed by atoms with Crippen molar-refractivity contribution in [3.05, 3.63) is 33.3 Å². The Hall–Kier alpha value is -0.240. The lowest BCUT2D eigenvalue weighted by molar-refractivity contribution is 0.713. The Bertz CT molecular complexity index is 323. The molecule has 1 atom stereocenters. The van der Waals surface area contributed by atoms with E-state index in [1.54, 1.807) is 6.07 Å². The summed E-state index contributed by atoms with van der Waals surface area (Å²) in [6, 6.07) is 3.81. The van der Waals surface area contributed by atoms with Gasteiger partial charge in [-0.25, -0.2) is 0 Å². The van der Waals surface area contributed by atoms with Gasteiger partial charge in [-0.3, -0.25) is 0 Å². The molecule has 0 unspecified atom stereocenters. The van der Waals surface area contributed by atoms with Gasteiger partial charge in [0.2, 0.25) is 0 Å². The van der Waals surface area contributed by atoms with Crippen LogP contribution in [0.2, 0.25) is 10.0 Å². The van der Waals surface area contributed by atoms with Crippen molar-refractivity contribution in [2.75, 3.05) is 0 Å². The number of hydrogen-bond donors (Lipinski definition) is 1. The first kappa shape index (κ1) is 8.36. The van der Waals surface area contributed by atoms with E-state index in [-0.39, 0.29) is 6.04 Å². The second-order valence-corrected chi connectivity index (χ2v) is 3.95. The molecule has 0 saturated carbocycles. The minimum Gasteiger partial charge on any atom is -0.324 e. The van der Waals surface area contributed by atoms with Crippen LogP contribution in [0.25, 0.3) is 0 Å². The van der Waals surface area contributed by atoms with Crippen LogP contribution in [0.1, 0.15) is 23.6 Å². The van der Waals surface area contributed by atoms with E-state index in [0.29, 0.717) is 10.0 Å². The van der Waals surface area contributed by atoms with Crippen LogP contribution in [0.4, 0.5) is 0 Å². The number of aryl methyl sites for hydroxylation is 1. The third kappa shape index (κ3) is 1.22. The van der Waals surface area contributed by atoms with Crippen LogP contribution < -0.4 is 5.73 Å². The number of rotatable bonds is 0. The Morgan fingerprint density at radius 3 is 2.83 bits per heavy atom. The Labute approximate surface area is 81.5 Å². The zero-order valence-corrected chi connectivity index (χ0v) is 7.99. The van der Waals surface area contributed by atoms with E-state index in [2.05, 4.69) is 0 Å². The molecule has 0 amide bonds. The summed E-state index contributed by atoms with van der Waals surface area (Å²) in [5.41, 5.74) is 8.16. The van der Waals surface area contributed by atoms with E-state index in [9.17, 15) is 0 Å². The molecule has 0 saturated heterocycles. The molecule has 0 fully saturated rings. The molecule has 0 radical (unpaired) electrons. The third-order valence-corrected chi connectivity index (χ3v) is 2.81. The highest BCUT2D eigenvalue weighted by atomic mass is 35.5. The van der Waals surface area contributed by atoms with Gasteiger partial charge in [-0.15, -0.1) is 0 Å². The summed E-state index contributed by atoms with van der Waals surface area (Å²) in [5, 5.41) is 1.41. The summed E-state index contributed by atoms with van der Waals surface area (Å²) < 4.78 is 0. The van der Waals surface area contributed by atoms with Gasteiger partial charge in [0, 0.05) is 16.1 Å². The highest BCUT2D eigenvalue weighted by Gasteiger charge is 2.21. The van der Waals surface area contributed by atoms with Crippen LogP contribution in [0.5, 0.6) is 0 Å². The van der Waals surface area contributed by atoms with E-state index in [0.717, 1.165) is 18.4 Å². The van der Waals surface area contributed by atoms with Crippen molar-refractivity contribution in [2.45, 2.75) is 18.9 Å². The van der Waals surface area contributed by atoms with Crippen molar-refractivity contribution >= 4 is 23.2 Å². The lowest BCUT2D eigenvalue weighted by Gasteiger charge is -2.07. The van der Waals surface area contributed by atoms with Crippen LogP contribution in [0, 0.1) is 0 Å². The maximum Gasteiger partial charge on any atom is 0.0471 e. The quantitative estimate of drug-likeness (QED) is 0.687. The van der Waals surface area contributed by atoms with E-state index in [4.69, 9.17) is 28.9 Å². The molecule has 0 aromatic heterocycles. The second-order valence-electron chi connectivity index (χ2n) is 3.11. The fraction of sp³-hybridized carbons (Fsp3) is 0.333. The summed E-state index contributed by atoms with van der Waals surface area (Å²) in [5.74, 6) is 0. The molecule has 2 rings (SSSR count). The minimum atomic E-state index is 0.102. The van der Waals surface area contributed by atoms with Crippen molar-refractivity contribution in [1.82, 2.24) is 0 Å². The number of nitrogens with two attached hydrogens (primary N) is 1. The summed E-state index contributed by atoms with van der Waals surface area (Å²) in [4.78, 5) is 0. The maximum absolute atomic E-state index is 6.01. The van der Waals surface area contributed by atoms with Crippen molar-refractivity contribution in [1.29, 1.82) is 0 Å². The van der Waals surface area contributed by atoms with Crippen molar-refractivity contribution in [3.63, 3.8) is 0 Å². The molecule has 1 nitrogen and oxygen atoms in total. The van der Waals surface area contributed by atoms with Crippen LogP contribution in [-0.4, -0.2) is 0 Å². The first-order valence-corrected chi connectivity index (χ1v) is 4.67. The van der Waals surface area contributed by atoms with Crippen LogP contribution in [0.15, 0.2) is 12.1 Å². The summed E-state index contributed by atoms with van der Waals surface area (Å²) >= 11 is 11.9. The van der Waals surface area contributed by atoms with Crippen molar-refractivity contribution < 1.29 is 0 Å². The maximum atomic E-state index is 6.01. The lowest BCUT2D eigenvalue weighted by Crippen LogP contribution is -2.05. The Morgan fingerprint density at radius 2 is 2.08 bits per heavy atom. The normalized spacial score (nSPS) is 21.1. The first-order chi connectivity index (χ1) is 5.68. The Kier molecular flexibility index (Phi) is 2.03. The monoisotopic (exact) mass is 201 g/mol. The molecule has 1 aliphatic carbocycles. The molecule has 0 bridgehead atoms. The van der Waals surface area contributed by atoms with Crippen LogP contribution >= 0.6 is 23.2 Å². The summed E-state index contributed by atoms with van der Waals surface area (Å²) in [6.07, 6.45) is 1.98. The van der Waals surface area contributed by atoms with Gasteiger partial charge in [-0.2, -0.15) is 0 Å². The molecule has 1 aromatic rings. The van der Waals surface area contributed by atoms with E-state index in [1.807, 2.05) is 6.07 Å². The molecule has 3 heteroatoms. The van der Waals surface area contributed by atoms with Gasteiger partial charge in [0.05, 0.1) is 0 Å². The van der Waals surface area contributed by atoms with Gasteiger partial charge in [0.15, 0.2) is 0 Å². The van der Waals surface area contributed by atoms with Crippen LogP contribution in [0.3, 0.4) is 0 Å². The molecule has 2 N–H and O–H groups in total. The highest BCUT2D eigenvalue weighted by Crippen LogP contribution is 2.36. The van der Waals surface area contributed by atoms with E-state index >= 15 is 0 Å². The lowest BCUT2D eigenvalue weighted by atomic mass is 10.1. The average molecular weight is 202 g/mol. The van der Waals surface area contributed by atoms with Crippen molar-refractivity contribution in [3.8, 4) is 0 Å². The van der Waals surface area contributed by atoms with Gasteiger partial charge >= 0.3 is 0 Å². The number of halogens is 2. The second kappa shape index (κ2) is 2.91. The highest BCUT2D eigenvalue weighted by molar-refractivity contribution is 6.35. The zero-order valence-electron chi connectivity index (χ0n) is 6.48. The Balaban J connectivity index is 2.60. The third-order valence-electron chi connectivity index (χ3n) is 2.28. The topological polar surface area (TPSA) is 26.0 Å². The largest absolute Gasteiger partial charge is 0.324 e. The molecule has 12 heavy (non-hydrogen) atoms. The molecule has 1 aromatic carbocycles. The number of hydrogen-bond acceptors (Lipinski definition) is 1. The smallest absolute Gasteiger partial charge is 0.0471 e. The predicted octanol–water partition coefficient (Wildman–Crippen LogP) is 2.94. The SMILES string of the molecule is N[C@@H]1CCc2cc(Cl)cc(Cl)c21. The Morgan fingerprint density at radius 1 is 1.33 bits per heavy atom. The van der Waals surface area contributed by atoms with Gasteiger partial charge in [0.1, 0.15) is 0 Å². The first-order valence-electron chi connectivity index (χ1n) is 3.92. The molecule has 1 aliphatic rings. The number of fused-ring (bicyclic) bond motifs is 1. The molecule has 0 aliphatic heterocycles. The zero-order chi connectivity index (χ0) is 8.72. The van der Waals surface area contributed by atoms with Gasteiger partial charge in [0.25, 0.3) is 0 Å². The molecule has 0 spiro atoms. The fourth-order valence-corrected chi connectivity index (χ4v) is 2.39. The van der Waals surface area contributed by atoms with Gasteiger partial charge in [-0.1, -0.05) is 23.2 Å². The van der Waals surface area contributed by atoms with Crippen molar-refractivity contribution in [2.24, 2.45) is 5.73 Å². The number of benzene rings is 1.